The number of hydrogen-bond donors (Lipinski definition) is 1. The maximum absolute atomic E-state index is 4.23. The highest BCUT2D eigenvalue weighted by Crippen LogP contribution is 2.07. The van der Waals surface area contributed by atoms with Gasteiger partial charge in [-0.15, -0.1) is 0 Å². The smallest absolute Gasteiger partial charge is 0.0603 e. The van der Waals surface area contributed by atoms with Crippen molar-refractivity contribution in [2.45, 2.75) is 20.3 Å². The molecule has 0 saturated heterocycles. The zero-order valence-corrected chi connectivity index (χ0v) is 10.4. The van der Waals surface area contributed by atoms with Crippen LogP contribution in [0.5, 0.6) is 0 Å². The lowest BCUT2D eigenvalue weighted by Gasteiger charge is -2.18. The molecule has 0 aliphatic heterocycles. The maximum Gasteiger partial charge on any atom is 0.0603 e. The van der Waals surface area contributed by atoms with Crippen LogP contribution in [-0.2, 0) is 0 Å². The number of thiol groups is 1. The van der Waals surface area contributed by atoms with E-state index >= 15 is 0 Å². The van der Waals surface area contributed by atoms with Crippen LogP contribution >= 0.6 is 12.6 Å². The predicted molar refractivity (Wildman–Crippen MR) is 63.7 cm³/mol. The highest BCUT2D eigenvalue weighted by atomic mass is 32.1. The predicted octanol–water partition coefficient (Wildman–Crippen LogP) is 1.69. The van der Waals surface area contributed by atoms with E-state index < -0.39 is 0 Å². The fourth-order valence-electron chi connectivity index (χ4n) is 0.984. The Morgan fingerprint density at radius 1 is 1.62 bits per heavy atom. The van der Waals surface area contributed by atoms with Crippen LogP contribution in [-0.4, -0.2) is 39.9 Å². The molecule has 0 aromatic rings. The fourth-order valence-corrected chi connectivity index (χ4v) is 1.42. The van der Waals surface area contributed by atoms with Gasteiger partial charge in [0, 0.05) is 24.6 Å². The van der Waals surface area contributed by atoms with E-state index in [0.29, 0.717) is 6.17 Å². The summed E-state index contributed by atoms with van der Waals surface area (Å²) in [7, 11) is 5.35. The van der Waals surface area contributed by atoms with E-state index in [1.807, 2.05) is 14.0 Å². The number of aliphatic imine (C=N–C) groups is 1. The summed E-state index contributed by atoms with van der Waals surface area (Å²) >= 11 is 4.22. The van der Waals surface area contributed by atoms with E-state index in [-0.39, 0.29) is 0 Å². The summed E-state index contributed by atoms with van der Waals surface area (Å²) < 4.78 is 0. The van der Waals surface area contributed by atoms with Crippen molar-refractivity contribution in [3.05, 3.63) is 11.8 Å². The molecule has 4 heteroatoms. The van der Waals surface area contributed by atoms with Crippen LogP contribution in [0.15, 0.2) is 16.8 Å². The molecule has 2 nitrogen and oxygen atoms in total. The highest BCUT2D eigenvalue weighted by molar-refractivity contribution is 7.80. The SMILES string of the molecule is CC/C(=C/C(C)=N/C[Si])N(C)CS. The molecule has 0 aromatic carbocycles. The van der Waals surface area contributed by atoms with Gasteiger partial charge in [0.1, 0.15) is 0 Å². The molecule has 0 aromatic heterocycles. The van der Waals surface area contributed by atoms with E-state index in [9.17, 15) is 0 Å². The fraction of sp³-hybridized carbons (Fsp3) is 0.667. The average Bonchev–Trinajstić information content (AvgIpc) is 2.13. The standard InChI is InChI=1S/C9H17N2SSi/c1-4-9(11(3)7-12)5-8(2)10-6-13/h5,12H,4,6-7H2,1-3H3/b9-5-,10-8+. The molecule has 0 rings (SSSR count). The van der Waals surface area contributed by atoms with Gasteiger partial charge in [0.2, 0.25) is 0 Å². The van der Waals surface area contributed by atoms with Gasteiger partial charge in [0.25, 0.3) is 0 Å². The van der Waals surface area contributed by atoms with Crippen LogP contribution < -0.4 is 0 Å². The molecule has 0 heterocycles. The molecule has 13 heavy (non-hydrogen) atoms. The van der Waals surface area contributed by atoms with Gasteiger partial charge in [-0.1, -0.05) is 6.92 Å². The van der Waals surface area contributed by atoms with Crippen molar-refractivity contribution < 1.29 is 0 Å². The topological polar surface area (TPSA) is 15.6 Å². The lowest BCUT2D eigenvalue weighted by Crippen LogP contribution is -2.16. The van der Waals surface area contributed by atoms with Crippen molar-refractivity contribution in [1.82, 2.24) is 4.90 Å². The molecule has 0 fully saturated rings. The molecule has 0 saturated carbocycles. The number of allylic oxidation sites excluding steroid dienone is 2. The molecule has 0 amide bonds. The summed E-state index contributed by atoms with van der Waals surface area (Å²) in [6.07, 6.45) is 3.76. The van der Waals surface area contributed by atoms with Crippen LogP contribution in [0, 0.1) is 0 Å². The van der Waals surface area contributed by atoms with E-state index in [0.717, 1.165) is 18.0 Å². The largest absolute Gasteiger partial charge is 0.369 e. The Bertz CT molecular complexity index is 202. The van der Waals surface area contributed by atoms with Crippen molar-refractivity contribution >= 4 is 28.6 Å². The van der Waals surface area contributed by atoms with Gasteiger partial charge < -0.3 is 4.90 Å². The van der Waals surface area contributed by atoms with E-state index in [1.165, 1.54) is 5.70 Å². The Balaban J connectivity index is 4.46. The second-order valence-corrected chi connectivity index (χ2v) is 3.39. The normalized spacial score (nSPS) is 13.3. The second kappa shape index (κ2) is 7.21. The van der Waals surface area contributed by atoms with Gasteiger partial charge in [-0.25, -0.2) is 0 Å². The van der Waals surface area contributed by atoms with Crippen LogP contribution in [0.25, 0.3) is 0 Å². The Kier molecular flexibility index (Phi) is 7.08. The second-order valence-electron chi connectivity index (χ2n) is 2.79. The molecule has 0 bridgehead atoms. The van der Waals surface area contributed by atoms with Crippen LogP contribution in [0.3, 0.4) is 0 Å². The van der Waals surface area contributed by atoms with Crippen molar-refractivity contribution in [3.8, 4) is 0 Å². The third-order valence-electron chi connectivity index (χ3n) is 1.77. The highest BCUT2D eigenvalue weighted by Gasteiger charge is 1.99. The maximum atomic E-state index is 4.23. The van der Waals surface area contributed by atoms with Gasteiger partial charge in [-0.3, -0.25) is 4.99 Å². The van der Waals surface area contributed by atoms with Crippen molar-refractivity contribution in [1.29, 1.82) is 0 Å². The lowest BCUT2D eigenvalue weighted by molar-refractivity contribution is 0.478. The third kappa shape index (κ3) is 5.16. The number of hydrogen-bond acceptors (Lipinski definition) is 3. The minimum atomic E-state index is 0.657. The third-order valence-corrected chi connectivity index (χ3v) is 2.35. The monoisotopic (exact) mass is 213 g/mol. The Morgan fingerprint density at radius 3 is 2.62 bits per heavy atom. The Morgan fingerprint density at radius 2 is 2.23 bits per heavy atom. The molecule has 0 spiro atoms. The molecule has 0 atom stereocenters. The lowest BCUT2D eigenvalue weighted by atomic mass is 10.2. The van der Waals surface area contributed by atoms with Crippen molar-refractivity contribution in [2.75, 3.05) is 19.1 Å². The molecule has 0 unspecified atom stereocenters. The number of rotatable bonds is 5. The minimum Gasteiger partial charge on any atom is -0.369 e. The van der Waals surface area contributed by atoms with Crippen LogP contribution in [0.4, 0.5) is 0 Å². The zero-order chi connectivity index (χ0) is 10.3. The summed E-state index contributed by atoms with van der Waals surface area (Å²) in [6.45, 7) is 4.13. The van der Waals surface area contributed by atoms with Gasteiger partial charge >= 0.3 is 0 Å². The first-order chi connectivity index (χ1) is 6.15. The number of nitrogens with zero attached hydrogens (tertiary/aromatic N) is 2. The summed E-state index contributed by atoms with van der Waals surface area (Å²) in [4.78, 5) is 6.34. The minimum absolute atomic E-state index is 0.657. The molecule has 73 valence electrons. The first-order valence-electron chi connectivity index (χ1n) is 4.33. The van der Waals surface area contributed by atoms with Crippen molar-refractivity contribution in [3.63, 3.8) is 0 Å². The van der Waals surface area contributed by atoms with Crippen LogP contribution in [0.2, 0.25) is 0 Å². The summed E-state index contributed by atoms with van der Waals surface area (Å²) in [6, 6.07) is 0. The molecular formula is C9H17N2SSi. The van der Waals surface area contributed by atoms with Gasteiger partial charge in [0.05, 0.1) is 16.1 Å². The summed E-state index contributed by atoms with van der Waals surface area (Å²) in [5.74, 6) is 0.737. The van der Waals surface area contributed by atoms with Crippen LogP contribution in [0.1, 0.15) is 20.3 Å². The first kappa shape index (κ1) is 12.8. The summed E-state index contributed by atoms with van der Waals surface area (Å²) in [5.41, 5.74) is 2.30. The van der Waals surface area contributed by atoms with E-state index in [1.54, 1.807) is 0 Å². The van der Waals surface area contributed by atoms with Gasteiger partial charge in [-0.05, 0) is 19.4 Å². The molecule has 3 radical (unpaired) electrons. The van der Waals surface area contributed by atoms with E-state index in [2.05, 4.69) is 45.8 Å². The van der Waals surface area contributed by atoms with Gasteiger partial charge in [-0.2, -0.15) is 12.6 Å². The molecule has 0 N–H and O–H groups in total. The van der Waals surface area contributed by atoms with E-state index in [4.69, 9.17) is 0 Å². The van der Waals surface area contributed by atoms with Gasteiger partial charge in [0.15, 0.2) is 0 Å². The first-order valence-corrected chi connectivity index (χ1v) is 5.67. The Hall–Kier alpha value is -0.223. The quantitative estimate of drug-likeness (QED) is 0.318. The average molecular weight is 213 g/mol. The molecule has 0 aliphatic carbocycles. The zero-order valence-electron chi connectivity index (χ0n) is 8.54. The molecular weight excluding hydrogens is 196 g/mol. The Labute approximate surface area is 90.0 Å². The summed E-state index contributed by atoms with van der Waals surface area (Å²) in [5, 5.41) is 0. The molecule has 0 aliphatic rings. The van der Waals surface area contributed by atoms with Crippen molar-refractivity contribution in [2.24, 2.45) is 4.99 Å².